The van der Waals surface area contributed by atoms with Crippen LogP contribution in [-0.4, -0.2) is 37.0 Å². The normalized spacial score (nSPS) is 30.3. The Morgan fingerprint density at radius 3 is 2.71 bits per heavy atom. The van der Waals surface area contributed by atoms with E-state index in [4.69, 9.17) is 14.2 Å². The van der Waals surface area contributed by atoms with Crippen LogP contribution in [0.3, 0.4) is 0 Å². The summed E-state index contributed by atoms with van der Waals surface area (Å²) in [4.78, 5) is 11.7. The first-order valence-corrected chi connectivity index (χ1v) is 7.30. The predicted molar refractivity (Wildman–Crippen MR) is 75.7 cm³/mol. The summed E-state index contributed by atoms with van der Waals surface area (Å²) in [5.74, 6) is 0.536. The van der Waals surface area contributed by atoms with Gasteiger partial charge in [0.25, 0.3) is 0 Å². The molecule has 1 aromatic carbocycles. The van der Waals surface area contributed by atoms with Crippen molar-refractivity contribution in [1.82, 2.24) is 0 Å². The van der Waals surface area contributed by atoms with Gasteiger partial charge in [0, 0.05) is 6.42 Å². The third-order valence-corrected chi connectivity index (χ3v) is 4.62. The van der Waals surface area contributed by atoms with Crippen molar-refractivity contribution in [2.24, 2.45) is 5.41 Å². The Morgan fingerprint density at radius 2 is 2.14 bits per heavy atom. The molecule has 3 rings (SSSR count). The molecular formula is C16H20O5. The van der Waals surface area contributed by atoms with E-state index in [0.717, 1.165) is 12.8 Å². The molecule has 0 amide bonds. The molecule has 2 aliphatic heterocycles. The molecule has 2 aliphatic rings. The van der Waals surface area contributed by atoms with Gasteiger partial charge >= 0.3 is 5.97 Å². The number of methoxy groups -OCH3 is 1. The van der Waals surface area contributed by atoms with E-state index in [1.807, 2.05) is 24.3 Å². The Labute approximate surface area is 123 Å². The molecule has 21 heavy (non-hydrogen) atoms. The SMILES string of the molecule is COc1ccccc1OCCC1(C(=O)O)CC2CCC1O2. The molecule has 114 valence electrons. The number of benzene rings is 1. The highest BCUT2D eigenvalue weighted by Gasteiger charge is 2.57. The number of ether oxygens (including phenoxy) is 3. The lowest BCUT2D eigenvalue weighted by atomic mass is 9.72. The summed E-state index contributed by atoms with van der Waals surface area (Å²) < 4.78 is 16.7. The zero-order chi connectivity index (χ0) is 14.9. The van der Waals surface area contributed by atoms with E-state index in [1.165, 1.54) is 0 Å². The lowest BCUT2D eigenvalue weighted by Gasteiger charge is -2.30. The Morgan fingerprint density at radius 1 is 1.38 bits per heavy atom. The average Bonchev–Trinajstić information content (AvgIpc) is 3.09. The standard InChI is InChI=1S/C16H20O5/c1-19-12-4-2-3-5-13(12)20-9-8-16(15(17)18)10-11-6-7-14(16)21-11/h2-5,11,14H,6-10H2,1H3,(H,17,18). The molecule has 0 saturated carbocycles. The van der Waals surface area contributed by atoms with Crippen LogP contribution < -0.4 is 9.47 Å². The quantitative estimate of drug-likeness (QED) is 0.872. The van der Waals surface area contributed by atoms with E-state index in [1.54, 1.807) is 7.11 Å². The maximum Gasteiger partial charge on any atom is 0.312 e. The minimum atomic E-state index is -0.787. The van der Waals surface area contributed by atoms with Crippen LogP contribution in [0.4, 0.5) is 0 Å². The van der Waals surface area contributed by atoms with Crippen LogP contribution in [0.25, 0.3) is 0 Å². The molecule has 5 nitrogen and oxygen atoms in total. The van der Waals surface area contributed by atoms with Crippen LogP contribution in [0.1, 0.15) is 25.7 Å². The molecule has 0 radical (unpaired) electrons. The lowest BCUT2D eigenvalue weighted by Crippen LogP contribution is -2.41. The summed E-state index contributed by atoms with van der Waals surface area (Å²) in [6, 6.07) is 7.38. The number of rotatable bonds is 6. The van der Waals surface area contributed by atoms with Gasteiger partial charge in [-0.1, -0.05) is 12.1 Å². The van der Waals surface area contributed by atoms with E-state index < -0.39 is 11.4 Å². The number of carboxylic acid groups (broad SMARTS) is 1. The second-order valence-corrected chi connectivity index (χ2v) is 5.74. The van der Waals surface area contributed by atoms with Gasteiger partial charge in [0.15, 0.2) is 11.5 Å². The van der Waals surface area contributed by atoms with Crippen LogP contribution in [0.15, 0.2) is 24.3 Å². The highest BCUT2D eigenvalue weighted by Crippen LogP contribution is 2.50. The fourth-order valence-corrected chi connectivity index (χ4v) is 3.48. The Kier molecular flexibility index (Phi) is 3.76. The number of hydrogen-bond donors (Lipinski definition) is 1. The summed E-state index contributed by atoms with van der Waals surface area (Å²) >= 11 is 0. The Hall–Kier alpha value is -1.75. The third-order valence-electron chi connectivity index (χ3n) is 4.62. The van der Waals surface area contributed by atoms with E-state index in [9.17, 15) is 9.90 Å². The van der Waals surface area contributed by atoms with E-state index in [0.29, 0.717) is 30.9 Å². The topological polar surface area (TPSA) is 65.0 Å². The van der Waals surface area contributed by atoms with Crippen molar-refractivity contribution in [3.63, 3.8) is 0 Å². The summed E-state index contributed by atoms with van der Waals surface area (Å²) in [5.41, 5.74) is -0.787. The first-order chi connectivity index (χ1) is 10.2. The number of para-hydroxylation sites is 2. The molecule has 1 N–H and O–H groups in total. The van der Waals surface area contributed by atoms with Crippen molar-refractivity contribution in [3.05, 3.63) is 24.3 Å². The van der Waals surface area contributed by atoms with Gasteiger partial charge in [0.1, 0.15) is 0 Å². The highest BCUT2D eigenvalue weighted by atomic mass is 16.5. The van der Waals surface area contributed by atoms with Crippen LogP contribution in [0.5, 0.6) is 11.5 Å². The summed E-state index contributed by atoms with van der Waals surface area (Å²) in [7, 11) is 1.59. The summed E-state index contributed by atoms with van der Waals surface area (Å²) in [6.07, 6.45) is 2.82. The molecule has 0 aliphatic carbocycles. The van der Waals surface area contributed by atoms with Crippen molar-refractivity contribution < 1.29 is 24.1 Å². The maximum atomic E-state index is 11.7. The molecule has 2 saturated heterocycles. The zero-order valence-electron chi connectivity index (χ0n) is 12.1. The van der Waals surface area contributed by atoms with Gasteiger partial charge in [0.2, 0.25) is 0 Å². The molecule has 2 bridgehead atoms. The number of carboxylic acids is 1. The molecule has 0 aromatic heterocycles. The van der Waals surface area contributed by atoms with Crippen LogP contribution in [-0.2, 0) is 9.53 Å². The fraction of sp³-hybridized carbons (Fsp3) is 0.562. The maximum absolute atomic E-state index is 11.7. The monoisotopic (exact) mass is 292 g/mol. The van der Waals surface area contributed by atoms with Crippen molar-refractivity contribution in [3.8, 4) is 11.5 Å². The molecule has 2 fully saturated rings. The average molecular weight is 292 g/mol. The molecular weight excluding hydrogens is 272 g/mol. The molecule has 3 unspecified atom stereocenters. The van der Waals surface area contributed by atoms with Gasteiger partial charge in [0.05, 0.1) is 31.3 Å². The Bertz CT molecular complexity index is 529. The zero-order valence-corrected chi connectivity index (χ0v) is 12.1. The molecule has 5 heteroatoms. The van der Waals surface area contributed by atoms with Crippen molar-refractivity contribution in [1.29, 1.82) is 0 Å². The second kappa shape index (κ2) is 5.56. The van der Waals surface area contributed by atoms with Gasteiger partial charge in [-0.3, -0.25) is 4.79 Å². The minimum Gasteiger partial charge on any atom is -0.493 e. The summed E-state index contributed by atoms with van der Waals surface area (Å²) in [6.45, 7) is 0.346. The van der Waals surface area contributed by atoms with Gasteiger partial charge in [-0.15, -0.1) is 0 Å². The van der Waals surface area contributed by atoms with E-state index >= 15 is 0 Å². The van der Waals surface area contributed by atoms with Crippen LogP contribution in [0, 0.1) is 5.41 Å². The molecule has 2 heterocycles. The predicted octanol–water partition coefficient (Wildman–Crippen LogP) is 2.49. The number of carbonyl (C=O) groups is 1. The van der Waals surface area contributed by atoms with E-state index in [2.05, 4.69) is 0 Å². The lowest BCUT2D eigenvalue weighted by molar-refractivity contribution is -0.153. The van der Waals surface area contributed by atoms with Gasteiger partial charge < -0.3 is 19.3 Å². The van der Waals surface area contributed by atoms with Crippen molar-refractivity contribution >= 4 is 5.97 Å². The van der Waals surface area contributed by atoms with E-state index in [-0.39, 0.29) is 12.2 Å². The Balaban J connectivity index is 1.65. The van der Waals surface area contributed by atoms with Crippen LogP contribution in [0.2, 0.25) is 0 Å². The highest BCUT2D eigenvalue weighted by molar-refractivity contribution is 5.76. The first kappa shape index (κ1) is 14.2. The number of aliphatic carboxylic acids is 1. The minimum absolute atomic E-state index is 0.109. The molecule has 1 aromatic rings. The summed E-state index contributed by atoms with van der Waals surface area (Å²) in [5, 5.41) is 9.62. The largest absolute Gasteiger partial charge is 0.493 e. The van der Waals surface area contributed by atoms with Gasteiger partial charge in [-0.05, 0) is 31.4 Å². The fourth-order valence-electron chi connectivity index (χ4n) is 3.48. The van der Waals surface area contributed by atoms with Crippen LogP contribution >= 0.6 is 0 Å². The van der Waals surface area contributed by atoms with Gasteiger partial charge in [-0.2, -0.15) is 0 Å². The smallest absolute Gasteiger partial charge is 0.312 e. The van der Waals surface area contributed by atoms with Crippen molar-refractivity contribution in [2.45, 2.75) is 37.9 Å². The second-order valence-electron chi connectivity index (χ2n) is 5.74. The van der Waals surface area contributed by atoms with Crippen molar-refractivity contribution in [2.75, 3.05) is 13.7 Å². The third kappa shape index (κ3) is 2.46. The molecule has 0 spiro atoms. The van der Waals surface area contributed by atoms with Gasteiger partial charge in [-0.25, -0.2) is 0 Å². The first-order valence-electron chi connectivity index (χ1n) is 7.30. The number of hydrogen-bond acceptors (Lipinski definition) is 4. The number of fused-ring (bicyclic) bond motifs is 2. The molecule has 3 atom stereocenters.